The number of methoxy groups -OCH3 is 1. The first-order valence-corrected chi connectivity index (χ1v) is 14.9. The Bertz CT molecular complexity index is 559. The average Bonchev–Trinajstić information content (AvgIpc) is 3.16. The molecule has 3 heterocycles. The fraction of sp³-hybridized carbons (Fsp3) is 1.00. The maximum atomic E-state index is 7.18. The number of epoxide rings is 1. The minimum Gasteiger partial charge on any atom is -0.414 e. The smallest absolute Gasteiger partial charge is 0.335 e. The number of halogens is 1. The van der Waals surface area contributed by atoms with Gasteiger partial charge >= 0.3 is 17.1 Å². The fourth-order valence-corrected chi connectivity index (χ4v) is 16.5. The van der Waals surface area contributed by atoms with Crippen LogP contribution in [0.1, 0.15) is 55.4 Å². The molecule has 3 aliphatic heterocycles. The number of hydrogen-bond donors (Lipinski definition) is 0. The van der Waals surface area contributed by atoms with E-state index in [1.807, 2.05) is 0 Å². The Morgan fingerprint density at radius 3 is 1.82 bits per heavy atom. The van der Waals surface area contributed by atoms with Gasteiger partial charge in [0.15, 0.2) is 17.5 Å². The van der Waals surface area contributed by atoms with Gasteiger partial charge in [0.1, 0.15) is 12.2 Å². The van der Waals surface area contributed by atoms with Gasteiger partial charge in [-0.1, -0.05) is 67.0 Å². The van der Waals surface area contributed by atoms with Crippen LogP contribution in [0.2, 0.25) is 22.2 Å². The van der Waals surface area contributed by atoms with E-state index in [2.05, 4.69) is 55.4 Å². The van der Waals surface area contributed by atoms with E-state index < -0.39 is 34.6 Å². The van der Waals surface area contributed by atoms with Gasteiger partial charge in [-0.3, -0.25) is 0 Å². The first kappa shape index (κ1) is 23.2. The second-order valence-corrected chi connectivity index (χ2v) is 18.8. The molecule has 1 spiro atoms. The molecule has 0 bridgehead atoms. The van der Waals surface area contributed by atoms with Gasteiger partial charge < -0.3 is 27.2 Å². The minimum atomic E-state index is -2.73. The van der Waals surface area contributed by atoms with Crippen LogP contribution in [0, 0.1) is 0 Å². The van der Waals surface area contributed by atoms with E-state index >= 15 is 0 Å². The fourth-order valence-electron chi connectivity index (χ4n) is 4.92. The molecule has 3 saturated heterocycles. The number of alkyl halides is 1. The lowest BCUT2D eigenvalue weighted by Crippen LogP contribution is -2.66. The third-order valence-electron chi connectivity index (χ3n) is 6.59. The predicted octanol–water partition coefficient (Wildman–Crippen LogP) is 4.65. The summed E-state index contributed by atoms with van der Waals surface area (Å²) in [6, 6.07) is 0. The van der Waals surface area contributed by atoms with E-state index in [-0.39, 0.29) is 23.3 Å². The topological polar surface area (TPSA) is 58.7 Å². The zero-order chi connectivity index (χ0) is 21.1. The van der Waals surface area contributed by atoms with Crippen molar-refractivity contribution in [3.63, 3.8) is 0 Å². The molecule has 3 rings (SSSR count). The highest BCUT2D eigenvalue weighted by atomic mass is 35.5. The summed E-state index contributed by atoms with van der Waals surface area (Å²) in [5.74, 6) is 0. The van der Waals surface area contributed by atoms with Gasteiger partial charge in [-0.2, -0.15) is 0 Å². The lowest BCUT2D eigenvalue weighted by Gasteiger charge is -2.51. The van der Waals surface area contributed by atoms with Crippen molar-refractivity contribution in [1.82, 2.24) is 0 Å². The molecular formula is C19H37ClO6Si2. The summed E-state index contributed by atoms with van der Waals surface area (Å²) in [5.41, 5.74) is -0.203. The molecule has 0 saturated carbocycles. The predicted molar refractivity (Wildman–Crippen MR) is 113 cm³/mol. The first-order chi connectivity index (χ1) is 13.0. The van der Waals surface area contributed by atoms with E-state index in [0.29, 0.717) is 17.7 Å². The molecule has 3 unspecified atom stereocenters. The number of ether oxygens (including phenoxy) is 3. The number of hydrogen-bond acceptors (Lipinski definition) is 6. The third-order valence-corrected chi connectivity index (χ3v) is 17.3. The minimum absolute atomic E-state index is 0.241. The zero-order valence-corrected chi connectivity index (χ0v) is 21.4. The molecule has 5 atom stereocenters. The molecular weight excluding hydrogens is 416 g/mol. The van der Waals surface area contributed by atoms with Crippen molar-refractivity contribution in [3.8, 4) is 0 Å². The van der Waals surface area contributed by atoms with Crippen LogP contribution < -0.4 is 0 Å². The van der Waals surface area contributed by atoms with Gasteiger partial charge in [0, 0.05) is 7.11 Å². The number of fused-ring (bicyclic) bond motifs is 2. The van der Waals surface area contributed by atoms with Crippen LogP contribution >= 0.6 is 11.6 Å². The maximum Gasteiger partial charge on any atom is 0.335 e. The Hall–Kier alpha value is 0.484. The molecule has 3 aliphatic rings. The molecule has 0 aromatic carbocycles. The summed E-state index contributed by atoms with van der Waals surface area (Å²) in [6.07, 6.45) is -1.21. The van der Waals surface area contributed by atoms with Gasteiger partial charge in [0.05, 0.1) is 6.61 Å². The lowest BCUT2D eigenvalue weighted by atomic mass is 10.0. The van der Waals surface area contributed by atoms with Gasteiger partial charge in [-0.05, 0) is 22.2 Å². The van der Waals surface area contributed by atoms with E-state index in [0.717, 1.165) is 0 Å². The van der Waals surface area contributed by atoms with Crippen molar-refractivity contribution in [2.75, 3.05) is 13.7 Å². The van der Waals surface area contributed by atoms with Crippen molar-refractivity contribution in [3.05, 3.63) is 0 Å². The summed E-state index contributed by atoms with van der Waals surface area (Å²) >= 11 is 6.43. The maximum absolute atomic E-state index is 7.18. The van der Waals surface area contributed by atoms with Gasteiger partial charge in [-0.15, -0.1) is 0 Å². The largest absolute Gasteiger partial charge is 0.414 e. The second-order valence-electron chi connectivity index (χ2n) is 9.54. The number of rotatable bonds is 5. The molecule has 0 radical (unpaired) electrons. The van der Waals surface area contributed by atoms with Crippen LogP contribution in [-0.2, 0) is 27.2 Å². The van der Waals surface area contributed by atoms with Crippen LogP contribution in [0.5, 0.6) is 0 Å². The molecule has 9 heteroatoms. The SMILES string of the molecule is CO[C@@H]1O[C@@H]2CO[Si](C(C)C)(C(C)C)O[Si](C(C)C)(C(C)C)OC2C12OC2Cl. The van der Waals surface area contributed by atoms with Crippen molar-refractivity contribution in [1.29, 1.82) is 0 Å². The highest BCUT2D eigenvalue weighted by Gasteiger charge is 2.76. The van der Waals surface area contributed by atoms with Gasteiger partial charge in [0.2, 0.25) is 0 Å². The molecule has 28 heavy (non-hydrogen) atoms. The monoisotopic (exact) mass is 452 g/mol. The highest BCUT2D eigenvalue weighted by molar-refractivity contribution is 6.84. The summed E-state index contributed by atoms with van der Waals surface area (Å²) in [7, 11) is -3.68. The van der Waals surface area contributed by atoms with E-state index in [4.69, 9.17) is 38.8 Å². The molecule has 164 valence electrons. The molecule has 0 amide bonds. The standard InChI is InChI=1S/C19H37ClO6Si2/c1-11(2)27(12(3)4)22-10-15-16(19(17(20)24-19)18(21-9)23-15)25-28(26-27,13(5)6)14(7)8/h11-18H,10H2,1-9H3/t15-,16?,17?,18-,19?/m1/s1. The molecule has 0 N–H and O–H groups in total. The van der Waals surface area contributed by atoms with Gasteiger partial charge in [0.25, 0.3) is 0 Å². The summed E-state index contributed by atoms with van der Waals surface area (Å²) in [5, 5.41) is 0. The van der Waals surface area contributed by atoms with Crippen molar-refractivity contribution < 1.29 is 27.2 Å². The van der Waals surface area contributed by atoms with Crippen LogP contribution in [0.15, 0.2) is 0 Å². The second kappa shape index (κ2) is 7.87. The summed E-state index contributed by atoms with van der Waals surface area (Å²) in [4.78, 5) is 0. The van der Waals surface area contributed by atoms with Crippen LogP contribution in [0.3, 0.4) is 0 Å². The molecule has 3 fully saturated rings. The van der Waals surface area contributed by atoms with Crippen molar-refractivity contribution in [2.24, 2.45) is 0 Å². The zero-order valence-electron chi connectivity index (χ0n) is 18.7. The third kappa shape index (κ3) is 3.27. The van der Waals surface area contributed by atoms with Crippen LogP contribution in [0.4, 0.5) is 0 Å². The Labute approximate surface area is 177 Å². The summed E-state index contributed by atoms with van der Waals surface area (Å²) < 4.78 is 38.6. The summed E-state index contributed by atoms with van der Waals surface area (Å²) in [6.45, 7) is 18.0. The van der Waals surface area contributed by atoms with Crippen LogP contribution in [0.25, 0.3) is 0 Å². The van der Waals surface area contributed by atoms with E-state index in [1.54, 1.807) is 7.11 Å². The van der Waals surface area contributed by atoms with Gasteiger partial charge in [-0.25, -0.2) is 0 Å². The van der Waals surface area contributed by atoms with Crippen molar-refractivity contribution >= 4 is 28.7 Å². The normalized spacial score (nSPS) is 39.6. The van der Waals surface area contributed by atoms with E-state index in [1.165, 1.54) is 0 Å². The first-order valence-electron chi connectivity index (χ1n) is 10.5. The van der Waals surface area contributed by atoms with Crippen LogP contribution in [-0.4, -0.2) is 60.5 Å². The molecule has 6 nitrogen and oxygen atoms in total. The quantitative estimate of drug-likeness (QED) is 0.344. The Morgan fingerprint density at radius 2 is 1.43 bits per heavy atom. The Balaban J connectivity index is 2.08. The van der Waals surface area contributed by atoms with Crippen molar-refractivity contribution in [2.45, 2.75) is 107 Å². The lowest BCUT2D eigenvalue weighted by molar-refractivity contribution is -0.143. The molecule has 0 aromatic heterocycles. The Morgan fingerprint density at radius 1 is 0.929 bits per heavy atom. The highest BCUT2D eigenvalue weighted by Crippen LogP contribution is 2.57. The van der Waals surface area contributed by atoms with E-state index in [9.17, 15) is 0 Å². The Kier molecular flexibility index (Phi) is 6.51. The average molecular weight is 453 g/mol. The molecule has 0 aromatic rings. The molecule has 0 aliphatic carbocycles.